The third-order valence-electron chi connectivity index (χ3n) is 5.30. The van der Waals surface area contributed by atoms with E-state index in [0.29, 0.717) is 16.8 Å². The van der Waals surface area contributed by atoms with Crippen LogP contribution in [-0.2, 0) is 6.54 Å². The topological polar surface area (TPSA) is 78.0 Å². The summed E-state index contributed by atoms with van der Waals surface area (Å²) >= 11 is 5.98. The summed E-state index contributed by atoms with van der Waals surface area (Å²) in [7, 11) is 3.86. The fourth-order valence-corrected chi connectivity index (χ4v) is 3.92. The molecule has 3 heterocycles. The Labute approximate surface area is 180 Å². The Hall–Kier alpha value is -2.77. The number of hydrogen-bond acceptors (Lipinski definition) is 6. The first kappa shape index (κ1) is 20.5. The molecule has 1 N–H and O–H groups in total. The molecule has 0 saturated carbocycles. The number of anilines is 1. The Bertz CT molecular complexity index is 1050. The van der Waals surface area contributed by atoms with Gasteiger partial charge in [0.1, 0.15) is 5.82 Å². The minimum Gasteiger partial charge on any atom is -0.347 e. The molecule has 1 fully saturated rings. The molecule has 156 valence electrons. The zero-order valence-electron chi connectivity index (χ0n) is 17.2. The van der Waals surface area contributed by atoms with Crippen LogP contribution in [0.1, 0.15) is 30.0 Å². The molecule has 1 aliphatic heterocycles. The molecule has 2 aromatic heterocycles. The Morgan fingerprint density at radius 1 is 1.20 bits per heavy atom. The van der Waals surface area contributed by atoms with Crippen LogP contribution in [0, 0.1) is 0 Å². The van der Waals surface area contributed by atoms with E-state index in [4.69, 9.17) is 16.6 Å². The highest BCUT2D eigenvalue weighted by Gasteiger charge is 2.23. The molecule has 1 aromatic carbocycles. The van der Waals surface area contributed by atoms with Gasteiger partial charge in [-0.15, -0.1) is 0 Å². The van der Waals surface area contributed by atoms with Crippen LogP contribution in [0.15, 0.2) is 47.5 Å². The van der Waals surface area contributed by atoms with Gasteiger partial charge >= 0.3 is 0 Å². The summed E-state index contributed by atoms with van der Waals surface area (Å²) in [5.74, 6) is 1.51. The number of halogens is 1. The Balaban J connectivity index is 1.50. The first-order valence-corrected chi connectivity index (χ1v) is 10.4. The average molecular weight is 425 g/mol. The molecule has 0 bridgehead atoms. The third kappa shape index (κ3) is 4.86. The summed E-state index contributed by atoms with van der Waals surface area (Å²) in [4.78, 5) is 33.0. The molecule has 0 radical (unpaired) electrons. The van der Waals surface area contributed by atoms with Crippen LogP contribution in [-0.4, -0.2) is 52.0 Å². The number of likely N-dealkylation sites (tertiary alicyclic amines) is 1. The molecular formula is C22H25ClN6O. The van der Waals surface area contributed by atoms with E-state index in [9.17, 15) is 4.79 Å². The Morgan fingerprint density at radius 2 is 1.93 bits per heavy atom. The van der Waals surface area contributed by atoms with Crippen molar-refractivity contribution in [2.45, 2.75) is 25.3 Å². The first-order chi connectivity index (χ1) is 14.5. The number of aromatic amines is 1. The highest BCUT2D eigenvalue weighted by molar-refractivity contribution is 6.30. The lowest BCUT2D eigenvalue weighted by atomic mass is 9.94. The zero-order valence-corrected chi connectivity index (χ0v) is 17.9. The fourth-order valence-electron chi connectivity index (χ4n) is 3.79. The maximum absolute atomic E-state index is 12.3. The smallest absolute Gasteiger partial charge is 0.251 e. The van der Waals surface area contributed by atoms with E-state index in [1.54, 1.807) is 18.2 Å². The summed E-state index contributed by atoms with van der Waals surface area (Å²) in [5.41, 5.74) is 2.65. The fraction of sp³-hybridized carbons (Fsp3) is 0.364. The second kappa shape index (κ2) is 8.93. The standard InChI is InChI=1S/C22H25ClN6O/c1-28(2)22-24-11-15(12-25-22)13-29-9-3-4-17(14-29)19-10-20(30)27-21(26-19)16-5-7-18(23)8-6-16/h5-8,10-12,17H,3-4,9,13-14H2,1-2H3,(H,26,27,30). The highest BCUT2D eigenvalue weighted by Crippen LogP contribution is 2.27. The predicted molar refractivity (Wildman–Crippen MR) is 119 cm³/mol. The molecule has 1 aliphatic rings. The van der Waals surface area contributed by atoms with Crippen molar-refractivity contribution in [2.24, 2.45) is 0 Å². The minimum atomic E-state index is -0.130. The van der Waals surface area contributed by atoms with Crippen molar-refractivity contribution in [2.75, 3.05) is 32.1 Å². The molecule has 8 heteroatoms. The van der Waals surface area contributed by atoms with Crippen molar-refractivity contribution < 1.29 is 0 Å². The van der Waals surface area contributed by atoms with E-state index in [0.717, 1.165) is 49.3 Å². The Morgan fingerprint density at radius 3 is 2.63 bits per heavy atom. The van der Waals surface area contributed by atoms with Gasteiger partial charge in [0.2, 0.25) is 5.95 Å². The van der Waals surface area contributed by atoms with Gasteiger partial charge in [-0.25, -0.2) is 15.0 Å². The lowest BCUT2D eigenvalue weighted by molar-refractivity contribution is 0.198. The van der Waals surface area contributed by atoms with Crippen LogP contribution in [0.2, 0.25) is 5.02 Å². The molecule has 30 heavy (non-hydrogen) atoms. The van der Waals surface area contributed by atoms with Gasteiger partial charge in [-0.1, -0.05) is 11.6 Å². The molecule has 0 aliphatic carbocycles. The number of H-pyrrole nitrogens is 1. The van der Waals surface area contributed by atoms with Crippen molar-refractivity contribution in [3.05, 3.63) is 69.4 Å². The molecular weight excluding hydrogens is 400 g/mol. The summed E-state index contributed by atoms with van der Waals surface area (Å²) in [6, 6.07) is 8.97. The number of piperidine rings is 1. The van der Waals surface area contributed by atoms with Crippen LogP contribution >= 0.6 is 11.6 Å². The second-order valence-electron chi connectivity index (χ2n) is 7.89. The van der Waals surface area contributed by atoms with Gasteiger partial charge in [-0.2, -0.15) is 0 Å². The maximum atomic E-state index is 12.3. The number of nitrogens with one attached hydrogen (secondary N) is 1. The van der Waals surface area contributed by atoms with Gasteiger partial charge < -0.3 is 9.88 Å². The number of aromatic nitrogens is 4. The van der Waals surface area contributed by atoms with Crippen molar-refractivity contribution in [3.8, 4) is 11.4 Å². The highest BCUT2D eigenvalue weighted by atomic mass is 35.5. The van der Waals surface area contributed by atoms with Gasteiger partial charge in [0, 0.05) is 67.7 Å². The van der Waals surface area contributed by atoms with E-state index in [2.05, 4.69) is 19.9 Å². The molecule has 4 rings (SSSR count). The molecule has 7 nitrogen and oxygen atoms in total. The van der Waals surface area contributed by atoms with Crippen molar-refractivity contribution in [1.29, 1.82) is 0 Å². The van der Waals surface area contributed by atoms with Gasteiger partial charge in [-0.05, 0) is 43.7 Å². The second-order valence-corrected chi connectivity index (χ2v) is 8.32. The van der Waals surface area contributed by atoms with Gasteiger partial charge in [0.15, 0.2) is 0 Å². The van der Waals surface area contributed by atoms with E-state index in [-0.39, 0.29) is 11.5 Å². The molecule has 1 unspecified atom stereocenters. The lowest BCUT2D eigenvalue weighted by Gasteiger charge is -2.32. The summed E-state index contributed by atoms with van der Waals surface area (Å²) in [5, 5.41) is 0.655. The minimum absolute atomic E-state index is 0.130. The summed E-state index contributed by atoms with van der Waals surface area (Å²) in [6.07, 6.45) is 5.85. The van der Waals surface area contributed by atoms with E-state index < -0.39 is 0 Å². The van der Waals surface area contributed by atoms with Gasteiger partial charge in [-0.3, -0.25) is 9.69 Å². The quantitative estimate of drug-likeness (QED) is 0.676. The first-order valence-electron chi connectivity index (χ1n) is 10.1. The number of nitrogens with zero attached hydrogens (tertiary/aromatic N) is 5. The SMILES string of the molecule is CN(C)c1ncc(CN2CCCC(c3cc(=O)[nH]c(-c4ccc(Cl)cc4)n3)C2)cn1. The zero-order chi connectivity index (χ0) is 21.1. The maximum Gasteiger partial charge on any atom is 0.251 e. The monoisotopic (exact) mass is 424 g/mol. The van der Waals surface area contributed by atoms with E-state index >= 15 is 0 Å². The summed E-state index contributed by atoms with van der Waals surface area (Å²) < 4.78 is 0. The van der Waals surface area contributed by atoms with Crippen molar-refractivity contribution in [3.63, 3.8) is 0 Å². The van der Waals surface area contributed by atoms with Crippen LogP contribution in [0.25, 0.3) is 11.4 Å². The predicted octanol–water partition coefficient (Wildman–Crippen LogP) is 3.33. The molecule has 0 amide bonds. The third-order valence-corrected chi connectivity index (χ3v) is 5.55. The molecule has 1 atom stereocenters. The van der Waals surface area contributed by atoms with Crippen LogP contribution in [0.4, 0.5) is 5.95 Å². The van der Waals surface area contributed by atoms with Crippen molar-refractivity contribution in [1.82, 2.24) is 24.8 Å². The number of benzene rings is 1. The van der Waals surface area contributed by atoms with Crippen LogP contribution in [0.5, 0.6) is 0 Å². The Kier molecular flexibility index (Phi) is 6.11. The number of hydrogen-bond donors (Lipinski definition) is 1. The molecule has 1 saturated heterocycles. The van der Waals surface area contributed by atoms with E-state index in [1.807, 2.05) is 43.5 Å². The van der Waals surface area contributed by atoms with Crippen LogP contribution in [0.3, 0.4) is 0 Å². The normalized spacial score (nSPS) is 17.1. The van der Waals surface area contributed by atoms with Gasteiger partial charge in [0.25, 0.3) is 5.56 Å². The van der Waals surface area contributed by atoms with Crippen LogP contribution < -0.4 is 10.5 Å². The number of rotatable bonds is 5. The van der Waals surface area contributed by atoms with Crippen molar-refractivity contribution >= 4 is 17.5 Å². The molecule has 3 aromatic rings. The lowest BCUT2D eigenvalue weighted by Crippen LogP contribution is -2.34. The summed E-state index contributed by atoms with van der Waals surface area (Å²) in [6.45, 7) is 2.66. The molecule has 0 spiro atoms. The largest absolute Gasteiger partial charge is 0.347 e. The van der Waals surface area contributed by atoms with Gasteiger partial charge in [0.05, 0.1) is 5.69 Å². The van der Waals surface area contributed by atoms with E-state index in [1.165, 1.54) is 0 Å². The average Bonchev–Trinajstić information content (AvgIpc) is 2.74.